The number of Topliss-reactive ketones (excluding diaryl/α,β-unsaturated/α-hetero) is 1. The molecular formula is C21H19ClO4. The van der Waals surface area contributed by atoms with Gasteiger partial charge in [-0.25, -0.2) is 4.79 Å². The molecule has 0 amide bonds. The fourth-order valence-electron chi connectivity index (χ4n) is 3.89. The zero-order valence-corrected chi connectivity index (χ0v) is 15.6. The first-order valence-corrected chi connectivity index (χ1v) is 8.97. The number of fused-ring (bicyclic) bond motifs is 1. The van der Waals surface area contributed by atoms with E-state index in [9.17, 15) is 9.59 Å². The number of rotatable bonds is 1. The van der Waals surface area contributed by atoms with E-state index in [4.69, 9.17) is 20.8 Å². The zero-order valence-electron chi connectivity index (χ0n) is 14.9. The molecule has 2 heterocycles. The van der Waals surface area contributed by atoms with E-state index in [1.807, 2.05) is 12.1 Å². The third-order valence-corrected chi connectivity index (χ3v) is 5.22. The highest BCUT2D eigenvalue weighted by Gasteiger charge is 2.43. The molecule has 2 aliphatic rings. The molecule has 5 heteroatoms. The summed E-state index contributed by atoms with van der Waals surface area (Å²) in [4.78, 5) is 25.6. The quantitative estimate of drug-likeness (QED) is 0.725. The van der Waals surface area contributed by atoms with Crippen LogP contribution in [-0.2, 0) is 4.79 Å². The van der Waals surface area contributed by atoms with E-state index in [0.29, 0.717) is 46.3 Å². The third kappa shape index (κ3) is 2.78. The van der Waals surface area contributed by atoms with Crippen LogP contribution in [0.2, 0.25) is 5.02 Å². The minimum absolute atomic E-state index is 0.0156. The van der Waals surface area contributed by atoms with Crippen LogP contribution in [0.3, 0.4) is 0 Å². The van der Waals surface area contributed by atoms with E-state index in [1.54, 1.807) is 25.1 Å². The van der Waals surface area contributed by atoms with Crippen molar-refractivity contribution in [1.29, 1.82) is 0 Å². The number of ether oxygens (including phenoxy) is 1. The van der Waals surface area contributed by atoms with Crippen molar-refractivity contribution < 1.29 is 13.9 Å². The van der Waals surface area contributed by atoms with Crippen molar-refractivity contribution in [2.45, 2.75) is 39.5 Å². The molecule has 4 nitrogen and oxygen atoms in total. The summed E-state index contributed by atoms with van der Waals surface area (Å²) in [5, 5.41) is 0.599. The molecule has 26 heavy (non-hydrogen) atoms. The molecule has 0 saturated carbocycles. The number of ketones is 1. The van der Waals surface area contributed by atoms with Crippen LogP contribution in [0.1, 0.15) is 49.5 Å². The van der Waals surface area contributed by atoms with Gasteiger partial charge in [0.2, 0.25) is 0 Å². The van der Waals surface area contributed by atoms with Gasteiger partial charge in [-0.3, -0.25) is 4.79 Å². The Morgan fingerprint density at radius 3 is 2.50 bits per heavy atom. The first-order valence-electron chi connectivity index (χ1n) is 8.59. The van der Waals surface area contributed by atoms with Crippen LogP contribution >= 0.6 is 11.6 Å². The molecule has 0 radical (unpaired) electrons. The largest absolute Gasteiger partial charge is 0.461 e. The zero-order chi connectivity index (χ0) is 18.6. The van der Waals surface area contributed by atoms with Gasteiger partial charge in [0.1, 0.15) is 17.3 Å². The molecule has 1 atom stereocenters. The van der Waals surface area contributed by atoms with E-state index >= 15 is 0 Å². The van der Waals surface area contributed by atoms with Gasteiger partial charge in [0, 0.05) is 29.5 Å². The lowest BCUT2D eigenvalue weighted by Gasteiger charge is -2.37. The Kier molecular flexibility index (Phi) is 3.85. The molecule has 0 bridgehead atoms. The van der Waals surface area contributed by atoms with E-state index in [1.165, 1.54) is 0 Å². The van der Waals surface area contributed by atoms with E-state index in [0.717, 1.165) is 5.56 Å². The highest BCUT2D eigenvalue weighted by molar-refractivity contribution is 6.30. The van der Waals surface area contributed by atoms with Gasteiger partial charge < -0.3 is 9.15 Å². The number of allylic oxidation sites excluding steroid dienone is 2. The Bertz CT molecular complexity index is 996. The van der Waals surface area contributed by atoms with E-state index in [2.05, 4.69) is 13.8 Å². The summed E-state index contributed by atoms with van der Waals surface area (Å²) in [5.41, 5.74) is 1.13. The van der Waals surface area contributed by atoms with Crippen molar-refractivity contribution in [1.82, 2.24) is 0 Å². The van der Waals surface area contributed by atoms with Crippen molar-refractivity contribution in [3.05, 3.63) is 74.0 Å². The standard InChI is InChI=1S/C21H19ClO4/c1-11-8-15-19(20(24)25-11)17(12-4-6-13(22)7-5-12)18-14(23)9-21(2,3)10-16(18)26-15/h4-8,17H,9-10H2,1-3H3. The summed E-state index contributed by atoms with van der Waals surface area (Å²) in [7, 11) is 0. The van der Waals surface area contributed by atoms with Crippen LogP contribution < -0.4 is 10.4 Å². The molecule has 134 valence electrons. The maximum Gasteiger partial charge on any atom is 0.343 e. The molecule has 1 aliphatic heterocycles. The van der Waals surface area contributed by atoms with Gasteiger partial charge in [-0.15, -0.1) is 0 Å². The summed E-state index contributed by atoms with van der Waals surface area (Å²) >= 11 is 6.02. The smallest absolute Gasteiger partial charge is 0.343 e. The lowest BCUT2D eigenvalue weighted by atomic mass is 9.70. The number of hydrogen-bond acceptors (Lipinski definition) is 4. The van der Waals surface area contributed by atoms with Crippen LogP contribution in [0.5, 0.6) is 5.75 Å². The van der Waals surface area contributed by atoms with Crippen LogP contribution in [0.4, 0.5) is 0 Å². The summed E-state index contributed by atoms with van der Waals surface area (Å²) in [6, 6.07) is 8.94. The van der Waals surface area contributed by atoms with Crippen molar-refractivity contribution >= 4 is 17.4 Å². The molecule has 4 rings (SSSR count). The van der Waals surface area contributed by atoms with Crippen molar-refractivity contribution in [2.75, 3.05) is 0 Å². The second-order valence-corrected chi connectivity index (χ2v) is 8.22. The summed E-state index contributed by atoms with van der Waals surface area (Å²) in [5.74, 6) is 1.13. The normalized spacial score (nSPS) is 21.1. The first-order chi connectivity index (χ1) is 12.2. The fraction of sp³-hybridized carbons (Fsp3) is 0.333. The lowest BCUT2D eigenvalue weighted by Crippen LogP contribution is -2.34. The fourth-order valence-corrected chi connectivity index (χ4v) is 4.02. The maximum absolute atomic E-state index is 13.0. The SMILES string of the molecule is Cc1cc2c(c(=O)o1)C(c1ccc(Cl)cc1)C1=C(CC(C)(C)CC1=O)O2. The molecule has 0 saturated heterocycles. The number of carbonyl (C=O) groups is 1. The van der Waals surface area contributed by atoms with Gasteiger partial charge in [0.15, 0.2) is 5.78 Å². The minimum Gasteiger partial charge on any atom is -0.461 e. The van der Waals surface area contributed by atoms with Gasteiger partial charge in [0.25, 0.3) is 0 Å². The molecule has 1 aromatic heterocycles. The second-order valence-electron chi connectivity index (χ2n) is 7.79. The first kappa shape index (κ1) is 17.1. The second kappa shape index (κ2) is 5.85. The highest BCUT2D eigenvalue weighted by atomic mass is 35.5. The van der Waals surface area contributed by atoms with Crippen LogP contribution in [-0.4, -0.2) is 5.78 Å². The van der Waals surface area contributed by atoms with Crippen molar-refractivity contribution in [3.8, 4) is 5.75 Å². The Morgan fingerprint density at radius 2 is 1.81 bits per heavy atom. The Labute approximate surface area is 156 Å². The molecule has 2 aromatic rings. The Hall–Kier alpha value is -2.33. The molecule has 0 spiro atoms. The molecular weight excluding hydrogens is 352 g/mol. The monoisotopic (exact) mass is 370 g/mol. The van der Waals surface area contributed by atoms with E-state index < -0.39 is 11.5 Å². The Morgan fingerprint density at radius 1 is 1.12 bits per heavy atom. The van der Waals surface area contributed by atoms with Gasteiger partial charge in [-0.05, 0) is 30.0 Å². The average Bonchev–Trinajstić information content (AvgIpc) is 2.52. The lowest BCUT2D eigenvalue weighted by molar-refractivity contribution is -0.118. The van der Waals surface area contributed by atoms with Gasteiger partial charge in [-0.2, -0.15) is 0 Å². The predicted octanol–water partition coefficient (Wildman–Crippen LogP) is 4.77. The van der Waals surface area contributed by atoms with Gasteiger partial charge in [0.05, 0.1) is 11.5 Å². The summed E-state index contributed by atoms with van der Waals surface area (Å²) in [6.45, 7) is 5.81. The molecule has 1 aliphatic carbocycles. The van der Waals surface area contributed by atoms with Crippen LogP contribution in [0.25, 0.3) is 0 Å². The molecule has 0 N–H and O–H groups in total. The summed E-state index contributed by atoms with van der Waals surface area (Å²) in [6.07, 6.45) is 1.07. The predicted molar refractivity (Wildman–Crippen MR) is 98.7 cm³/mol. The topological polar surface area (TPSA) is 56.5 Å². The van der Waals surface area contributed by atoms with Crippen LogP contribution in [0, 0.1) is 12.3 Å². The third-order valence-electron chi connectivity index (χ3n) is 4.97. The summed E-state index contributed by atoms with van der Waals surface area (Å²) < 4.78 is 11.4. The number of aryl methyl sites for hydroxylation is 1. The Balaban J connectivity index is 1.99. The minimum atomic E-state index is -0.494. The molecule has 1 aromatic carbocycles. The van der Waals surface area contributed by atoms with Crippen molar-refractivity contribution in [3.63, 3.8) is 0 Å². The average molecular weight is 371 g/mol. The van der Waals surface area contributed by atoms with Gasteiger partial charge in [-0.1, -0.05) is 37.6 Å². The van der Waals surface area contributed by atoms with Crippen molar-refractivity contribution in [2.24, 2.45) is 5.41 Å². The molecule has 1 unspecified atom stereocenters. The number of benzene rings is 1. The number of carbonyl (C=O) groups excluding carboxylic acids is 1. The van der Waals surface area contributed by atoms with Crippen LogP contribution in [0.15, 0.2) is 50.9 Å². The highest BCUT2D eigenvalue weighted by Crippen LogP contribution is 2.49. The molecule has 0 fully saturated rings. The van der Waals surface area contributed by atoms with E-state index in [-0.39, 0.29) is 11.2 Å². The van der Waals surface area contributed by atoms with Gasteiger partial charge >= 0.3 is 5.63 Å². The number of halogens is 1. The maximum atomic E-state index is 13.0. The number of hydrogen-bond donors (Lipinski definition) is 0.